The zero-order valence-electron chi connectivity index (χ0n) is 8.15. The topological polar surface area (TPSA) is 35.5 Å². The van der Waals surface area contributed by atoms with Gasteiger partial charge < -0.3 is 9.47 Å². The summed E-state index contributed by atoms with van der Waals surface area (Å²) in [5.41, 5.74) is 0. The zero-order chi connectivity index (χ0) is 12.1. The van der Waals surface area contributed by atoms with Gasteiger partial charge in [0, 0.05) is 0 Å². The summed E-state index contributed by atoms with van der Waals surface area (Å²) < 4.78 is 46.6. The van der Waals surface area contributed by atoms with Crippen molar-refractivity contribution in [1.29, 1.82) is 0 Å². The second-order valence-electron chi connectivity index (χ2n) is 2.29. The number of rotatable bonds is 5. The Morgan fingerprint density at radius 2 is 1.73 bits per heavy atom. The van der Waals surface area contributed by atoms with E-state index in [1.54, 1.807) is 0 Å². The number of hydrogen-bond acceptors (Lipinski definition) is 3. The standard InChI is InChI=1S/C8H10ClF3O3/c1-3-14-6(8(9,11)12)5(10)7(13)15-4-2/h3-4H2,1-2H3/b6-5+. The molecule has 7 heteroatoms. The summed E-state index contributed by atoms with van der Waals surface area (Å²) in [6, 6.07) is 0. The first kappa shape index (κ1) is 14.1. The number of esters is 1. The smallest absolute Gasteiger partial charge is 0.382 e. The van der Waals surface area contributed by atoms with Gasteiger partial charge in [-0.15, -0.1) is 0 Å². The van der Waals surface area contributed by atoms with Crippen LogP contribution in [0.2, 0.25) is 0 Å². The minimum Gasteiger partial charge on any atom is -0.488 e. The molecule has 0 unspecified atom stereocenters. The van der Waals surface area contributed by atoms with Crippen LogP contribution in [-0.4, -0.2) is 24.6 Å². The second kappa shape index (κ2) is 5.85. The molecular weight excluding hydrogens is 237 g/mol. The van der Waals surface area contributed by atoms with E-state index < -0.39 is 22.9 Å². The summed E-state index contributed by atoms with van der Waals surface area (Å²) >= 11 is 4.55. The van der Waals surface area contributed by atoms with Crippen LogP contribution >= 0.6 is 11.6 Å². The summed E-state index contributed by atoms with van der Waals surface area (Å²) in [5, 5.41) is -4.08. The maximum absolute atomic E-state index is 13.0. The molecule has 0 aromatic carbocycles. The van der Waals surface area contributed by atoms with Gasteiger partial charge in [0.05, 0.1) is 13.2 Å². The Bertz CT molecular complexity index is 260. The van der Waals surface area contributed by atoms with E-state index in [9.17, 15) is 18.0 Å². The van der Waals surface area contributed by atoms with Crippen LogP contribution in [0.5, 0.6) is 0 Å². The molecule has 0 aliphatic rings. The summed E-state index contributed by atoms with van der Waals surface area (Å²) in [6.07, 6.45) is 0. The number of halogens is 4. The average molecular weight is 247 g/mol. The van der Waals surface area contributed by atoms with Crippen molar-refractivity contribution in [1.82, 2.24) is 0 Å². The lowest BCUT2D eigenvalue weighted by Gasteiger charge is -2.13. The molecule has 0 spiro atoms. The molecular formula is C8H10ClF3O3. The van der Waals surface area contributed by atoms with E-state index in [4.69, 9.17) is 0 Å². The third-order valence-electron chi connectivity index (χ3n) is 1.20. The van der Waals surface area contributed by atoms with Crippen molar-refractivity contribution in [3.05, 3.63) is 11.6 Å². The predicted molar refractivity (Wildman–Crippen MR) is 47.2 cm³/mol. The Hall–Kier alpha value is -0.910. The van der Waals surface area contributed by atoms with E-state index in [0.29, 0.717) is 0 Å². The molecule has 0 heterocycles. The molecule has 0 aliphatic heterocycles. The first-order valence-corrected chi connectivity index (χ1v) is 4.49. The van der Waals surface area contributed by atoms with Crippen molar-refractivity contribution in [3.8, 4) is 0 Å². The molecule has 0 rings (SSSR count). The van der Waals surface area contributed by atoms with Gasteiger partial charge in [0.2, 0.25) is 5.76 Å². The Kier molecular flexibility index (Phi) is 5.49. The van der Waals surface area contributed by atoms with E-state index in [1.165, 1.54) is 13.8 Å². The summed E-state index contributed by atoms with van der Waals surface area (Å²) in [6.45, 7) is 2.37. The number of allylic oxidation sites excluding steroid dienone is 1. The molecule has 0 fully saturated rings. The van der Waals surface area contributed by atoms with Gasteiger partial charge in [0.15, 0.2) is 0 Å². The van der Waals surface area contributed by atoms with E-state index in [0.717, 1.165) is 0 Å². The van der Waals surface area contributed by atoms with E-state index >= 15 is 0 Å². The van der Waals surface area contributed by atoms with E-state index in [1.807, 2.05) is 0 Å². The Labute approximate surface area is 89.8 Å². The lowest BCUT2D eigenvalue weighted by atomic mass is 10.4. The van der Waals surface area contributed by atoms with Crippen LogP contribution in [0.1, 0.15) is 13.8 Å². The monoisotopic (exact) mass is 246 g/mol. The Morgan fingerprint density at radius 3 is 2.07 bits per heavy atom. The quantitative estimate of drug-likeness (QED) is 0.324. The number of carbonyl (C=O) groups excluding carboxylic acids is 1. The van der Waals surface area contributed by atoms with Gasteiger partial charge in [-0.25, -0.2) is 4.79 Å². The van der Waals surface area contributed by atoms with Crippen molar-refractivity contribution >= 4 is 17.6 Å². The molecule has 0 amide bonds. The molecule has 15 heavy (non-hydrogen) atoms. The van der Waals surface area contributed by atoms with Gasteiger partial charge in [0.25, 0.3) is 5.83 Å². The van der Waals surface area contributed by atoms with Crippen LogP contribution in [0, 0.1) is 0 Å². The molecule has 0 N–H and O–H groups in total. The SMILES string of the molecule is CCOC(=O)/C(F)=C(\OCC)C(F)(F)Cl. The van der Waals surface area contributed by atoms with Crippen LogP contribution in [0.25, 0.3) is 0 Å². The van der Waals surface area contributed by atoms with Crippen molar-refractivity contribution in [2.75, 3.05) is 13.2 Å². The highest BCUT2D eigenvalue weighted by Crippen LogP contribution is 2.32. The van der Waals surface area contributed by atoms with Gasteiger partial charge in [-0.2, -0.15) is 13.2 Å². The lowest BCUT2D eigenvalue weighted by Crippen LogP contribution is -2.19. The van der Waals surface area contributed by atoms with Gasteiger partial charge >= 0.3 is 11.4 Å². The molecule has 0 aliphatic carbocycles. The van der Waals surface area contributed by atoms with E-state index in [-0.39, 0.29) is 13.2 Å². The lowest BCUT2D eigenvalue weighted by molar-refractivity contribution is -0.141. The number of carbonyl (C=O) groups is 1. The van der Waals surface area contributed by atoms with E-state index in [2.05, 4.69) is 21.1 Å². The highest BCUT2D eigenvalue weighted by molar-refractivity contribution is 6.23. The summed E-state index contributed by atoms with van der Waals surface area (Å²) in [7, 11) is 0. The highest BCUT2D eigenvalue weighted by Gasteiger charge is 2.39. The average Bonchev–Trinajstić information content (AvgIpc) is 2.11. The predicted octanol–water partition coefficient (Wildman–Crippen LogP) is 2.60. The first-order valence-electron chi connectivity index (χ1n) is 4.11. The van der Waals surface area contributed by atoms with Gasteiger partial charge in [0.1, 0.15) is 0 Å². The molecule has 0 atom stereocenters. The molecule has 0 radical (unpaired) electrons. The number of alkyl halides is 3. The van der Waals surface area contributed by atoms with Gasteiger partial charge in [-0.1, -0.05) is 0 Å². The highest BCUT2D eigenvalue weighted by atomic mass is 35.5. The van der Waals surface area contributed by atoms with Crippen LogP contribution in [0.15, 0.2) is 11.6 Å². The largest absolute Gasteiger partial charge is 0.488 e. The van der Waals surface area contributed by atoms with Crippen molar-refractivity contribution in [2.45, 2.75) is 19.2 Å². The number of hydrogen-bond donors (Lipinski definition) is 0. The minimum absolute atomic E-state index is 0.139. The second-order valence-corrected chi connectivity index (χ2v) is 2.77. The molecule has 0 aromatic heterocycles. The number of ether oxygens (including phenoxy) is 2. The third kappa shape index (κ3) is 4.42. The van der Waals surface area contributed by atoms with Crippen molar-refractivity contribution in [3.63, 3.8) is 0 Å². The fraction of sp³-hybridized carbons (Fsp3) is 0.625. The molecule has 0 aromatic rings. The zero-order valence-corrected chi connectivity index (χ0v) is 8.91. The maximum Gasteiger partial charge on any atom is 0.382 e. The van der Waals surface area contributed by atoms with Crippen LogP contribution < -0.4 is 0 Å². The molecule has 0 bridgehead atoms. The van der Waals surface area contributed by atoms with Crippen LogP contribution in [-0.2, 0) is 14.3 Å². The van der Waals surface area contributed by atoms with Crippen molar-refractivity contribution < 1.29 is 27.4 Å². The fourth-order valence-corrected chi connectivity index (χ4v) is 0.839. The van der Waals surface area contributed by atoms with Gasteiger partial charge in [-0.05, 0) is 25.4 Å². The van der Waals surface area contributed by atoms with Crippen LogP contribution in [0.4, 0.5) is 13.2 Å². The Balaban J connectivity index is 5.00. The Morgan fingerprint density at radius 1 is 1.27 bits per heavy atom. The molecule has 88 valence electrons. The normalized spacial score (nSPS) is 13.2. The summed E-state index contributed by atoms with van der Waals surface area (Å²) in [4.78, 5) is 10.8. The van der Waals surface area contributed by atoms with Crippen molar-refractivity contribution in [2.24, 2.45) is 0 Å². The minimum atomic E-state index is -4.08. The molecule has 3 nitrogen and oxygen atoms in total. The fourth-order valence-electron chi connectivity index (χ4n) is 0.701. The molecule has 0 saturated carbocycles. The third-order valence-corrected chi connectivity index (χ3v) is 1.37. The first-order chi connectivity index (χ1) is 6.84. The maximum atomic E-state index is 13.0. The summed E-state index contributed by atoms with van der Waals surface area (Å²) in [5.74, 6) is -4.87. The van der Waals surface area contributed by atoms with Gasteiger partial charge in [-0.3, -0.25) is 0 Å². The molecule has 0 saturated heterocycles. The van der Waals surface area contributed by atoms with Crippen LogP contribution in [0.3, 0.4) is 0 Å².